The summed E-state index contributed by atoms with van der Waals surface area (Å²) in [6, 6.07) is 0. The third-order valence-corrected chi connectivity index (χ3v) is 2.30. The van der Waals surface area contributed by atoms with Crippen molar-refractivity contribution in [3.63, 3.8) is 0 Å². The average Bonchev–Trinajstić information content (AvgIpc) is 2.16. The van der Waals surface area contributed by atoms with Gasteiger partial charge in [-0.2, -0.15) is 0 Å². The Hall–Kier alpha value is -0.370. The lowest BCUT2D eigenvalue weighted by molar-refractivity contribution is 0.574. The van der Waals surface area contributed by atoms with Gasteiger partial charge in [-0.25, -0.2) is 0 Å². The average molecular weight is 184 g/mol. The highest BCUT2D eigenvalue weighted by Gasteiger charge is 1.90. The molecule has 0 amide bonds. The number of nitrogens with two attached hydrogens (primary N) is 1. The van der Waals surface area contributed by atoms with Gasteiger partial charge in [-0.05, 0) is 32.0 Å². The van der Waals surface area contributed by atoms with Crippen molar-refractivity contribution in [2.75, 3.05) is 6.54 Å². The van der Waals surface area contributed by atoms with E-state index in [0.29, 0.717) is 0 Å². The lowest BCUT2D eigenvalue weighted by Crippen LogP contribution is -1.97. The number of hydrogen-bond acceptors (Lipinski definition) is 2. The molecule has 0 bridgehead atoms. The van der Waals surface area contributed by atoms with Crippen LogP contribution in [0.5, 0.6) is 0 Å². The van der Waals surface area contributed by atoms with Gasteiger partial charge in [-0.15, -0.1) is 0 Å². The summed E-state index contributed by atoms with van der Waals surface area (Å²) in [5.74, 6) is 0. The lowest BCUT2D eigenvalue weighted by Gasteiger charge is -2.00. The van der Waals surface area contributed by atoms with Crippen molar-refractivity contribution in [2.45, 2.75) is 57.8 Å². The maximum Gasteiger partial charge on any atom is -0.00477 e. The zero-order chi connectivity index (χ0) is 9.78. The van der Waals surface area contributed by atoms with E-state index in [-0.39, 0.29) is 0 Å². The van der Waals surface area contributed by atoms with E-state index in [4.69, 9.17) is 11.1 Å². The molecule has 0 aliphatic carbocycles. The van der Waals surface area contributed by atoms with Crippen LogP contribution in [0.4, 0.5) is 0 Å². The van der Waals surface area contributed by atoms with E-state index in [0.717, 1.165) is 13.0 Å². The Morgan fingerprint density at radius 3 is 1.69 bits per heavy atom. The van der Waals surface area contributed by atoms with Gasteiger partial charge in [0, 0.05) is 0 Å². The Labute approximate surface area is 82.4 Å². The summed E-state index contributed by atoms with van der Waals surface area (Å²) < 4.78 is 0. The molecule has 13 heavy (non-hydrogen) atoms. The quantitative estimate of drug-likeness (QED) is 0.398. The second-order valence-corrected chi connectivity index (χ2v) is 3.61. The summed E-state index contributed by atoms with van der Waals surface area (Å²) in [5, 5.41) is 6.86. The molecule has 0 aromatic heterocycles. The minimum Gasteiger partial charge on any atom is -0.330 e. The van der Waals surface area contributed by atoms with Crippen LogP contribution in [0.25, 0.3) is 0 Å². The molecule has 0 fully saturated rings. The van der Waals surface area contributed by atoms with E-state index in [2.05, 4.69) is 0 Å². The highest BCUT2D eigenvalue weighted by molar-refractivity contribution is 5.52. The molecule has 0 aromatic rings. The second kappa shape index (κ2) is 11.6. The lowest BCUT2D eigenvalue weighted by atomic mass is 10.1. The van der Waals surface area contributed by atoms with Crippen molar-refractivity contribution in [1.82, 2.24) is 0 Å². The smallest absolute Gasteiger partial charge is 0.00477 e. The predicted octanol–water partition coefficient (Wildman–Crippen LogP) is 3.11. The van der Waals surface area contributed by atoms with Crippen LogP contribution in [-0.2, 0) is 0 Å². The molecule has 0 saturated carbocycles. The maximum absolute atomic E-state index is 6.86. The van der Waals surface area contributed by atoms with E-state index in [1.807, 2.05) is 0 Å². The van der Waals surface area contributed by atoms with Crippen molar-refractivity contribution in [2.24, 2.45) is 5.73 Å². The highest BCUT2D eigenvalue weighted by atomic mass is 14.5. The van der Waals surface area contributed by atoms with Gasteiger partial charge in [0.1, 0.15) is 0 Å². The normalized spacial score (nSPS) is 10.2. The minimum atomic E-state index is 0.847. The van der Waals surface area contributed by atoms with Crippen molar-refractivity contribution >= 4 is 6.21 Å². The van der Waals surface area contributed by atoms with Gasteiger partial charge < -0.3 is 11.1 Å². The molecule has 2 heteroatoms. The first-order chi connectivity index (χ1) is 6.41. The highest BCUT2D eigenvalue weighted by Crippen LogP contribution is 2.08. The molecule has 0 aliphatic heterocycles. The summed E-state index contributed by atoms with van der Waals surface area (Å²) in [6.45, 7) is 0.847. The molecule has 0 heterocycles. The molecule has 3 N–H and O–H groups in total. The summed E-state index contributed by atoms with van der Waals surface area (Å²) in [6.07, 6.45) is 12.9. The van der Waals surface area contributed by atoms with E-state index >= 15 is 0 Å². The number of rotatable bonds is 10. The fourth-order valence-electron chi connectivity index (χ4n) is 1.45. The predicted molar refractivity (Wildman–Crippen MR) is 59.4 cm³/mol. The fourth-order valence-corrected chi connectivity index (χ4v) is 1.45. The third kappa shape index (κ3) is 11.6. The first-order valence-corrected chi connectivity index (χ1v) is 5.61. The van der Waals surface area contributed by atoms with Crippen LogP contribution in [0.1, 0.15) is 57.8 Å². The summed E-state index contributed by atoms with van der Waals surface area (Å²) in [7, 11) is 0. The summed E-state index contributed by atoms with van der Waals surface area (Å²) in [5.41, 5.74) is 5.40. The molecule has 0 saturated heterocycles. The molecular weight excluding hydrogens is 160 g/mol. The van der Waals surface area contributed by atoms with Gasteiger partial charge in [-0.3, -0.25) is 0 Å². The summed E-state index contributed by atoms with van der Waals surface area (Å²) >= 11 is 0. The largest absolute Gasteiger partial charge is 0.330 e. The van der Waals surface area contributed by atoms with Gasteiger partial charge >= 0.3 is 0 Å². The van der Waals surface area contributed by atoms with Crippen LogP contribution in [-0.4, -0.2) is 12.8 Å². The van der Waals surface area contributed by atoms with E-state index < -0.39 is 0 Å². The standard InChI is InChI=1S/C11H24N2/c12-10-8-6-4-2-1-3-5-7-9-11-13/h10,12H,1-9,11,13H2. The Kier molecular flexibility index (Phi) is 11.3. The topological polar surface area (TPSA) is 49.9 Å². The van der Waals surface area contributed by atoms with Crippen LogP contribution in [0.2, 0.25) is 0 Å². The molecule has 2 nitrogen and oxygen atoms in total. The fraction of sp³-hybridized carbons (Fsp3) is 0.909. The van der Waals surface area contributed by atoms with Crippen LogP contribution in [0.15, 0.2) is 0 Å². The molecule has 0 spiro atoms. The van der Waals surface area contributed by atoms with Gasteiger partial charge in [0.25, 0.3) is 0 Å². The molecule has 0 rings (SSSR count). The third-order valence-electron chi connectivity index (χ3n) is 2.30. The van der Waals surface area contributed by atoms with E-state index in [1.54, 1.807) is 0 Å². The molecule has 0 unspecified atom stereocenters. The molecule has 0 aromatic carbocycles. The SMILES string of the molecule is N=CCCCCCCCCCCN. The molecular formula is C11H24N2. The second-order valence-electron chi connectivity index (χ2n) is 3.61. The Balaban J connectivity index is 2.79. The van der Waals surface area contributed by atoms with Crippen LogP contribution in [0, 0.1) is 5.41 Å². The maximum atomic E-state index is 6.86. The molecule has 78 valence electrons. The molecule has 0 radical (unpaired) electrons. The van der Waals surface area contributed by atoms with Crippen molar-refractivity contribution < 1.29 is 0 Å². The molecule has 0 atom stereocenters. The number of hydrogen-bond donors (Lipinski definition) is 2. The Morgan fingerprint density at radius 2 is 1.23 bits per heavy atom. The molecule has 0 aliphatic rings. The van der Waals surface area contributed by atoms with Crippen molar-refractivity contribution in [3.05, 3.63) is 0 Å². The zero-order valence-corrected chi connectivity index (χ0v) is 8.73. The first-order valence-electron chi connectivity index (χ1n) is 5.61. The van der Waals surface area contributed by atoms with Crippen molar-refractivity contribution in [3.8, 4) is 0 Å². The van der Waals surface area contributed by atoms with Crippen molar-refractivity contribution in [1.29, 1.82) is 5.41 Å². The van der Waals surface area contributed by atoms with Crippen LogP contribution < -0.4 is 5.73 Å². The number of nitrogens with one attached hydrogen (secondary N) is 1. The summed E-state index contributed by atoms with van der Waals surface area (Å²) in [4.78, 5) is 0. The Bertz CT molecular complexity index is 102. The van der Waals surface area contributed by atoms with Gasteiger partial charge in [0.2, 0.25) is 0 Å². The van der Waals surface area contributed by atoms with Crippen LogP contribution in [0.3, 0.4) is 0 Å². The number of unbranched alkanes of at least 4 members (excludes halogenated alkanes) is 8. The zero-order valence-electron chi connectivity index (χ0n) is 8.73. The van der Waals surface area contributed by atoms with Gasteiger partial charge in [-0.1, -0.05) is 38.5 Å². The van der Waals surface area contributed by atoms with Crippen LogP contribution >= 0.6 is 0 Å². The minimum absolute atomic E-state index is 0.847. The van der Waals surface area contributed by atoms with Gasteiger partial charge in [0.15, 0.2) is 0 Å². The van der Waals surface area contributed by atoms with E-state index in [9.17, 15) is 0 Å². The first kappa shape index (κ1) is 12.6. The van der Waals surface area contributed by atoms with Gasteiger partial charge in [0.05, 0.1) is 0 Å². The Morgan fingerprint density at radius 1 is 0.769 bits per heavy atom. The van der Waals surface area contributed by atoms with E-state index in [1.165, 1.54) is 57.6 Å². The monoisotopic (exact) mass is 184 g/mol.